The third-order valence-corrected chi connectivity index (χ3v) is 4.49. The summed E-state index contributed by atoms with van der Waals surface area (Å²) < 4.78 is 5.60. The molecule has 22 heavy (non-hydrogen) atoms. The first-order valence-electron chi connectivity index (χ1n) is 7.61. The van der Waals surface area contributed by atoms with Gasteiger partial charge >= 0.3 is 0 Å². The van der Waals surface area contributed by atoms with Gasteiger partial charge in [-0.1, -0.05) is 19.1 Å². The molecule has 0 fully saturated rings. The van der Waals surface area contributed by atoms with Crippen molar-refractivity contribution in [2.45, 2.75) is 32.3 Å². The Morgan fingerprint density at radius 3 is 3.00 bits per heavy atom. The first-order chi connectivity index (χ1) is 10.7. The van der Waals surface area contributed by atoms with Gasteiger partial charge in [0.2, 0.25) is 5.91 Å². The molecule has 2 rings (SSSR count). The summed E-state index contributed by atoms with van der Waals surface area (Å²) in [6.45, 7) is 2.79. The number of hydrogen-bond donors (Lipinski definition) is 2. The van der Waals surface area contributed by atoms with Crippen LogP contribution < -0.4 is 15.4 Å². The first kappa shape index (κ1) is 16.7. The summed E-state index contributed by atoms with van der Waals surface area (Å²) in [7, 11) is 0. The summed E-state index contributed by atoms with van der Waals surface area (Å²) in [5, 5.41) is 5.60. The van der Waals surface area contributed by atoms with Crippen molar-refractivity contribution in [1.29, 1.82) is 0 Å². The minimum atomic E-state index is -0.760. The quantitative estimate of drug-likeness (QED) is 0.721. The lowest BCUT2D eigenvalue weighted by atomic mass is 10.1. The zero-order valence-electron chi connectivity index (χ0n) is 12.8. The Bertz CT molecular complexity index is 522. The normalized spacial score (nSPS) is 16.4. The highest BCUT2D eigenvalue weighted by molar-refractivity contribution is 7.99. The Labute approximate surface area is 135 Å². The van der Waals surface area contributed by atoms with Crippen molar-refractivity contribution in [3.8, 4) is 5.75 Å². The van der Waals surface area contributed by atoms with E-state index in [1.807, 2.05) is 23.9 Å². The van der Waals surface area contributed by atoms with Gasteiger partial charge in [0.15, 0.2) is 6.10 Å². The van der Waals surface area contributed by atoms with Gasteiger partial charge in [-0.05, 0) is 36.5 Å². The molecule has 0 spiro atoms. The van der Waals surface area contributed by atoms with Crippen LogP contribution in [0.25, 0.3) is 0 Å². The average molecular weight is 322 g/mol. The number of nitrogens with one attached hydrogen (secondary N) is 2. The van der Waals surface area contributed by atoms with E-state index in [2.05, 4.69) is 17.6 Å². The fourth-order valence-electron chi connectivity index (χ4n) is 2.12. The van der Waals surface area contributed by atoms with Crippen LogP contribution in [0.15, 0.2) is 24.3 Å². The molecule has 1 aliphatic rings. The zero-order chi connectivity index (χ0) is 15.8. The summed E-state index contributed by atoms with van der Waals surface area (Å²) >= 11 is 1.89. The van der Waals surface area contributed by atoms with E-state index < -0.39 is 6.10 Å². The molecular formula is C16H22N2O3S. The highest BCUT2D eigenvalue weighted by Gasteiger charge is 2.29. The maximum atomic E-state index is 11.9. The molecular weight excluding hydrogens is 300 g/mol. The van der Waals surface area contributed by atoms with Gasteiger partial charge < -0.3 is 15.4 Å². The maximum Gasteiger partial charge on any atom is 0.266 e. The number of hydrogen-bond acceptors (Lipinski definition) is 4. The van der Waals surface area contributed by atoms with Gasteiger partial charge in [-0.2, -0.15) is 11.8 Å². The Morgan fingerprint density at radius 1 is 1.36 bits per heavy atom. The van der Waals surface area contributed by atoms with E-state index in [1.54, 1.807) is 12.1 Å². The largest absolute Gasteiger partial charge is 0.478 e. The molecule has 2 N–H and O–H groups in total. The molecule has 0 radical (unpaired) electrons. The van der Waals surface area contributed by atoms with Crippen LogP contribution in [0.1, 0.15) is 26.2 Å². The van der Waals surface area contributed by atoms with Crippen molar-refractivity contribution in [2.75, 3.05) is 23.4 Å². The highest BCUT2D eigenvalue weighted by Crippen LogP contribution is 2.29. The summed E-state index contributed by atoms with van der Waals surface area (Å²) in [6.07, 6.45) is 1.40. The number of thioether (sulfide) groups is 1. The zero-order valence-corrected chi connectivity index (χ0v) is 13.6. The van der Waals surface area contributed by atoms with Crippen LogP contribution >= 0.6 is 11.8 Å². The molecule has 1 atom stereocenters. The molecule has 0 aromatic heterocycles. The number of fused-ring (bicyclic) bond motifs is 1. The van der Waals surface area contributed by atoms with Crippen molar-refractivity contribution in [3.05, 3.63) is 24.3 Å². The van der Waals surface area contributed by atoms with Gasteiger partial charge in [0.1, 0.15) is 5.75 Å². The predicted octanol–water partition coefficient (Wildman–Crippen LogP) is 2.43. The van der Waals surface area contributed by atoms with E-state index in [0.29, 0.717) is 18.0 Å². The van der Waals surface area contributed by atoms with Crippen molar-refractivity contribution in [2.24, 2.45) is 0 Å². The van der Waals surface area contributed by atoms with Crippen molar-refractivity contribution in [1.82, 2.24) is 5.32 Å². The Hall–Kier alpha value is -1.69. The third-order valence-electron chi connectivity index (χ3n) is 3.21. The van der Waals surface area contributed by atoms with Gasteiger partial charge in [-0.3, -0.25) is 9.59 Å². The summed E-state index contributed by atoms with van der Waals surface area (Å²) in [6, 6.07) is 7.22. The molecule has 0 saturated carbocycles. The summed E-state index contributed by atoms with van der Waals surface area (Å²) in [5.74, 6) is 2.38. The molecule has 6 heteroatoms. The lowest BCUT2D eigenvalue weighted by Crippen LogP contribution is -2.41. The summed E-state index contributed by atoms with van der Waals surface area (Å²) in [4.78, 5) is 23.8. The monoisotopic (exact) mass is 322 g/mol. The van der Waals surface area contributed by atoms with E-state index in [9.17, 15) is 9.59 Å². The number of anilines is 1. The minimum Gasteiger partial charge on any atom is -0.478 e. The number of para-hydroxylation sites is 2. The number of amides is 2. The van der Waals surface area contributed by atoms with Crippen LogP contribution in [-0.4, -0.2) is 36.0 Å². The molecule has 0 saturated heterocycles. The Kier molecular flexibility index (Phi) is 6.58. The molecule has 1 aliphatic heterocycles. The third kappa shape index (κ3) is 4.94. The smallest absolute Gasteiger partial charge is 0.266 e. The van der Waals surface area contributed by atoms with Crippen LogP contribution in [0.3, 0.4) is 0 Å². The predicted molar refractivity (Wildman–Crippen MR) is 89.3 cm³/mol. The van der Waals surface area contributed by atoms with E-state index >= 15 is 0 Å². The average Bonchev–Trinajstić information content (AvgIpc) is 2.51. The van der Waals surface area contributed by atoms with Crippen molar-refractivity contribution >= 4 is 29.3 Å². The van der Waals surface area contributed by atoms with E-state index in [-0.39, 0.29) is 18.2 Å². The molecule has 120 valence electrons. The second-order valence-corrected chi connectivity index (χ2v) is 6.34. The van der Waals surface area contributed by atoms with E-state index in [1.165, 1.54) is 6.42 Å². The molecule has 0 bridgehead atoms. The van der Waals surface area contributed by atoms with Crippen LogP contribution in [-0.2, 0) is 9.59 Å². The SMILES string of the molecule is CCCSCCCNC(=O)C[C@H]1Oc2ccccc2NC1=O. The van der Waals surface area contributed by atoms with Gasteiger partial charge in [0, 0.05) is 6.54 Å². The fraction of sp³-hybridized carbons (Fsp3) is 0.500. The standard InChI is InChI=1S/C16H22N2O3S/c1-2-9-22-10-5-8-17-15(19)11-14-16(20)18-12-6-3-4-7-13(12)21-14/h3-4,6-7,14H,2,5,8-11H2,1H3,(H,17,19)(H,18,20)/t14-/m1/s1. The van der Waals surface area contributed by atoms with Gasteiger partial charge in [0.05, 0.1) is 12.1 Å². The maximum absolute atomic E-state index is 11.9. The lowest BCUT2D eigenvalue weighted by Gasteiger charge is -2.25. The Balaban J connectivity index is 1.72. The molecule has 5 nitrogen and oxygen atoms in total. The molecule has 1 aromatic carbocycles. The van der Waals surface area contributed by atoms with Gasteiger partial charge in [-0.15, -0.1) is 0 Å². The van der Waals surface area contributed by atoms with Gasteiger partial charge in [0.25, 0.3) is 5.91 Å². The number of carbonyl (C=O) groups is 2. The second-order valence-electron chi connectivity index (χ2n) is 5.11. The molecule has 1 heterocycles. The number of ether oxygens (including phenoxy) is 1. The Morgan fingerprint density at radius 2 is 2.18 bits per heavy atom. The van der Waals surface area contributed by atoms with Crippen LogP contribution in [0, 0.1) is 0 Å². The van der Waals surface area contributed by atoms with Crippen molar-refractivity contribution in [3.63, 3.8) is 0 Å². The molecule has 0 aliphatic carbocycles. The van der Waals surface area contributed by atoms with Crippen molar-refractivity contribution < 1.29 is 14.3 Å². The fourth-order valence-corrected chi connectivity index (χ4v) is 2.96. The minimum absolute atomic E-state index is 0.0439. The van der Waals surface area contributed by atoms with Crippen LogP contribution in [0.5, 0.6) is 5.75 Å². The molecule has 2 amide bonds. The van der Waals surface area contributed by atoms with E-state index in [0.717, 1.165) is 17.9 Å². The topological polar surface area (TPSA) is 67.4 Å². The van der Waals surface area contributed by atoms with E-state index in [4.69, 9.17) is 4.74 Å². The highest BCUT2D eigenvalue weighted by atomic mass is 32.2. The van der Waals surface area contributed by atoms with Crippen LogP contribution in [0.4, 0.5) is 5.69 Å². The molecule has 0 unspecified atom stereocenters. The van der Waals surface area contributed by atoms with Crippen LogP contribution in [0.2, 0.25) is 0 Å². The molecule has 1 aromatic rings. The number of rotatable bonds is 8. The number of carbonyl (C=O) groups excluding carboxylic acids is 2. The summed E-state index contributed by atoms with van der Waals surface area (Å²) in [5.41, 5.74) is 0.650. The van der Waals surface area contributed by atoms with Gasteiger partial charge in [-0.25, -0.2) is 0 Å². The lowest BCUT2D eigenvalue weighted by molar-refractivity contribution is -0.130. The number of benzene rings is 1. The first-order valence-corrected chi connectivity index (χ1v) is 8.77. The second kappa shape index (κ2) is 8.68.